The van der Waals surface area contributed by atoms with Gasteiger partial charge in [0.2, 0.25) is 0 Å². The summed E-state index contributed by atoms with van der Waals surface area (Å²) >= 11 is 0. The third-order valence-corrected chi connectivity index (χ3v) is 2.39. The lowest BCUT2D eigenvalue weighted by Gasteiger charge is -2.38. The fourth-order valence-electron chi connectivity index (χ4n) is 1.44. The summed E-state index contributed by atoms with van der Waals surface area (Å²) < 4.78 is 0. The van der Waals surface area contributed by atoms with Crippen molar-refractivity contribution >= 4 is 12.0 Å². The highest BCUT2D eigenvalue weighted by molar-refractivity contribution is 5.87. The molecule has 2 amide bonds. The molecule has 5 nitrogen and oxygen atoms in total. The monoisotopic (exact) mass is 200 g/mol. The topological polar surface area (TPSA) is 78.4 Å². The van der Waals surface area contributed by atoms with E-state index in [0.717, 1.165) is 6.42 Å². The number of hydrogen-bond acceptors (Lipinski definition) is 2. The van der Waals surface area contributed by atoms with Gasteiger partial charge >= 0.3 is 12.0 Å². The van der Waals surface area contributed by atoms with E-state index in [0.29, 0.717) is 12.8 Å². The van der Waals surface area contributed by atoms with Gasteiger partial charge in [-0.1, -0.05) is 0 Å². The first-order chi connectivity index (χ1) is 6.46. The first kappa shape index (κ1) is 10.8. The van der Waals surface area contributed by atoms with Crippen LogP contribution in [-0.4, -0.2) is 28.7 Å². The van der Waals surface area contributed by atoms with E-state index in [9.17, 15) is 9.59 Å². The summed E-state index contributed by atoms with van der Waals surface area (Å²) in [6.45, 7) is 3.65. The molecule has 0 unspecified atom stereocenters. The number of amides is 2. The summed E-state index contributed by atoms with van der Waals surface area (Å²) in [6, 6.07) is -0.386. The highest BCUT2D eigenvalue weighted by Gasteiger charge is 2.45. The molecule has 0 saturated heterocycles. The molecule has 0 aromatic rings. The van der Waals surface area contributed by atoms with E-state index in [2.05, 4.69) is 10.6 Å². The van der Waals surface area contributed by atoms with Crippen molar-refractivity contribution in [3.63, 3.8) is 0 Å². The molecule has 0 bridgehead atoms. The summed E-state index contributed by atoms with van der Waals surface area (Å²) in [6.07, 6.45) is 1.90. The lowest BCUT2D eigenvalue weighted by Crippen LogP contribution is -2.61. The Labute approximate surface area is 82.9 Å². The molecule has 1 saturated carbocycles. The molecule has 1 aliphatic carbocycles. The maximum atomic E-state index is 11.3. The molecule has 0 aromatic carbocycles. The van der Waals surface area contributed by atoms with Gasteiger partial charge in [-0.05, 0) is 33.1 Å². The molecule has 14 heavy (non-hydrogen) atoms. The van der Waals surface area contributed by atoms with Crippen molar-refractivity contribution in [3.05, 3.63) is 0 Å². The number of rotatable bonds is 3. The predicted octanol–water partition coefficient (Wildman–Crippen LogP) is 0.701. The second kappa shape index (κ2) is 3.86. The van der Waals surface area contributed by atoms with Crippen LogP contribution in [0, 0.1) is 0 Å². The largest absolute Gasteiger partial charge is 0.480 e. The van der Waals surface area contributed by atoms with Crippen molar-refractivity contribution < 1.29 is 14.7 Å². The highest BCUT2D eigenvalue weighted by Crippen LogP contribution is 2.31. The molecule has 0 atom stereocenters. The molecule has 0 radical (unpaired) electrons. The van der Waals surface area contributed by atoms with E-state index in [4.69, 9.17) is 5.11 Å². The molecule has 3 N–H and O–H groups in total. The van der Waals surface area contributed by atoms with Crippen molar-refractivity contribution in [1.82, 2.24) is 10.6 Å². The Kier molecular flexibility index (Phi) is 2.98. The molecular formula is C9H16N2O3. The Hall–Kier alpha value is -1.26. The number of carboxylic acid groups (broad SMARTS) is 1. The van der Waals surface area contributed by atoms with E-state index in [1.807, 2.05) is 13.8 Å². The quantitative estimate of drug-likeness (QED) is 0.627. The molecule has 0 spiro atoms. The molecule has 1 fully saturated rings. The molecule has 0 heterocycles. The van der Waals surface area contributed by atoms with Gasteiger partial charge in [-0.25, -0.2) is 9.59 Å². The minimum absolute atomic E-state index is 0.0147. The zero-order valence-corrected chi connectivity index (χ0v) is 8.46. The second-order valence-corrected chi connectivity index (χ2v) is 3.99. The normalized spacial score (nSPS) is 18.5. The van der Waals surface area contributed by atoms with Gasteiger partial charge in [-0.2, -0.15) is 0 Å². The van der Waals surface area contributed by atoms with Gasteiger partial charge in [0.15, 0.2) is 0 Å². The Morgan fingerprint density at radius 1 is 1.36 bits per heavy atom. The van der Waals surface area contributed by atoms with Crippen LogP contribution in [0.4, 0.5) is 4.79 Å². The van der Waals surface area contributed by atoms with Crippen molar-refractivity contribution in [2.75, 3.05) is 0 Å². The van der Waals surface area contributed by atoms with Crippen LogP contribution < -0.4 is 10.6 Å². The SMILES string of the molecule is CC(C)NC(=O)NC1(C(=O)O)CCC1. The summed E-state index contributed by atoms with van der Waals surface area (Å²) in [5, 5.41) is 14.0. The Balaban J connectivity index is 2.49. The van der Waals surface area contributed by atoms with E-state index < -0.39 is 17.5 Å². The molecule has 1 rings (SSSR count). The van der Waals surface area contributed by atoms with Crippen LogP contribution in [0.15, 0.2) is 0 Å². The summed E-state index contributed by atoms with van der Waals surface area (Å²) in [5.74, 6) is -0.942. The number of carbonyl (C=O) groups excluding carboxylic acids is 1. The minimum atomic E-state index is -1.01. The van der Waals surface area contributed by atoms with Gasteiger partial charge in [-0.15, -0.1) is 0 Å². The minimum Gasteiger partial charge on any atom is -0.480 e. The van der Waals surface area contributed by atoms with Crippen LogP contribution in [0.3, 0.4) is 0 Å². The zero-order valence-electron chi connectivity index (χ0n) is 8.46. The molecule has 80 valence electrons. The smallest absolute Gasteiger partial charge is 0.329 e. The van der Waals surface area contributed by atoms with Crippen LogP contribution in [0.2, 0.25) is 0 Å². The number of carbonyl (C=O) groups is 2. The fourth-order valence-corrected chi connectivity index (χ4v) is 1.44. The van der Waals surface area contributed by atoms with Crippen LogP contribution >= 0.6 is 0 Å². The Morgan fingerprint density at radius 2 is 1.93 bits per heavy atom. The number of urea groups is 1. The third kappa shape index (κ3) is 2.16. The maximum Gasteiger partial charge on any atom is 0.329 e. The van der Waals surface area contributed by atoms with Crippen LogP contribution in [0.25, 0.3) is 0 Å². The van der Waals surface area contributed by atoms with Gasteiger partial charge in [0, 0.05) is 6.04 Å². The maximum absolute atomic E-state index is 11.3. The van der Waals surface area contributed by atoms with E-state index in [-0.39, 0.29) is 6.04 Å². The van der Waals surface area contributed by atoms with E-state index in [1.54, 1.807) is 0 Å². The van der Waals surface area contributed by atoms with E-state index >= 15 is 0 Å². The lowest BCUT2D eigenvalue weighted by atomic mass is 9.77. The average Bonchev–Trinajstić information content (AvgIpc) is 1.94. The summed E-state index contributed by atoms with van der Waals surface area (Å²) in [5.41, 5.74) is -1.01. The second-order valence-electron chi connectivity index (χ2n) is 3.99. The fraction of sp³-hybridized carbons (Fsp3) is 0.778. The predicted molar refractivity (Wildman–Crippen MR) is 51.0 cm³/mol. The lowest BCUT2D eigenvalue weighted by molar-refractivity contribution is -0.148. The summed E-state index contributed by atoms with van der Waals surface area (Å²) in [7, 11) is 0. The zero-order chi connectivity index (χ0) is 10.8. The number of carboxylic acids is 1. The van der Waals surface area contributed by atoms with Crippen LogP contribution in [0.1, 0.15) is 33.1 Å². The first-order valence-corrected chi connectivity index (χ1v) is 4.78. The van der Waals surface area contributed by atoms with Gasteiger partial charge in [0.1, 0.15) is 5.54 Å². The number of hydrogen-bond donors (Lipinski definition) is 3. The number of aliphatic carboxylic acids is 1. The molecule has 1 aliphatic rings. The third-order valence-electron chi connectivity index (χ3n) is 2.39. The molecule has 0 aromatic heterocycles. The first-order valence-electron chi connectivity index (χ1n) is 4.78. The van der Waals surface area contributed by atoms with Crippen molar-refractivity contribution in [2.24, 2.45) is 0 Å². The summed E-state index contributed by atoms with van der Waals surface area (Å²) in [4.78, 5) is 22.2. The van der Waals surface area contributed by atoms with Crippen molar-refractivity contribution in [2.45, 2.75) is 44.7 Å². The van der Waals surface area contributed by atoms with Gasteiger partial charge in [0.05, 0.1) is 0 Å². The Morgan fingerprint density at radius 3 is 2.21 bits per heavy atom. The van der Waals surface area contributed by atoms with Gasteiger partial charge in [-0.3, -0.25) is 0 Å². The average molecular weight is 200 g/mol. The van der Waals surface area contributed by atoms with E-state index in [1.165, 1.54) is 0 Å². The van der Waals surface area contributed by atoms with Gasteiger partial charge in [0.25, 0.3) is 0 Å². The van der Waals surface area contributed by atoms with Crippen LogP contribution in [-0.2, 0) is 4.79 Å². The van der Waals surface area contributed by atoms with Crippen molar-refractivity contribution in [3.8, 4) is 0 Å². The highest BCUT2D eigenvalue weighted by atomic mass is 16.4. The Bertz CT molecular complexity index is 246. The van der Waals surface area contributed by atoms with Crippen molar-refractivity contribution in [1.29, 1.82) is 0 Å². The molecule has 5 heteroatoms. The van der Waals surface area contributed by atoms with Crippen LogP contribution in [0.5, 0.6) is 0 Å². The standard InChI is InChI=1S/C9H16N2O3/c1-6(2)10-8(14)11-9(7(12)13)4-3-5-9/h6H,3-5H2,1-2H3,(H,12,13)(H2,10,11,14). The molecule has 0 aliphatic heterocycles. The molecular weight excluding hydrogens is 184 g/mol. The number of nitrogens with one attached hydrogen (secondary N) is 2. The van der Waals surface area contributed by atoms with Gasteiger partial charge < -0.3 is 15.7 Å².